The van der Waals surface area contributed by atoms with Gasteiger partial charge in [-0.05, 0) is 34.9 Å². The number of H-pyrrole nitrogens is 2. The standard InChI is InChI=1S/C27H23N3O4/c31-25-20-6-2-4-8-22(20)30-26(32)24(25)17-11-9-16(10-12-17)14-28-23(27(33)34)13-18-15-29-21-7-3-1-5-19(18)21/h1-12,15,23,28-29H,13-14H2,(H,33,34)(H2,30,31,32)/t23-/m1/s1. The van der Waals surface area contributed by atoms with Crippen molar-refractivity contribution in [2.24, 2.45) is 0 Å². The third-order valence-corrected chi connectivity index (χ3v) is 6.09. The number of fused-ring (bicyclic) bond motifs is 2. The number of aromatic hydroxyl groups is 1. The van der Waals surface area contributed by atoms with Gasteiger partial charge in [-0.25, -0.2) is 0 Å². The molecule has 2 aromatic heterocycles. The molecule has 1 atom stereocenters. The van der Waals surface area contributed by atoms with Gasteiger partial charge in [-0.3, -0.25) is 9.59 Å². The van der Waals surface area contributed by atoms with E-state index in [9.17, 15) is 19.8 Å². The summed E-state index contributed by atoms with van der Waals surface area (Å²) in [4.78, 5) is 30.4. The van der Waals surface area contributed by atoms with E-state index >= 15 is 0 Å². The van der Waals surface area contributed by atoms with Gasteiger partial charge < -0.3 is 25.5 Å². The van der Waals surface area contributed by atoms with E-state index in [4.69, 9.17) is 0 Å². The van der Waals surface area contributed by atoms with Crippen LogP contribution in [0.15, 0.2) is 83.8 Å². The van der Waals surface area contributed by atoms with Crippen LogP contribution in [0.2, 0.25) is 0 Å². The second-order valence-corrected chi connectivity index (χ2v) is 8.26. The summed E-state index contributed by atoms with van der Waals surface area (Å²) in [7, 11) is 0. The molecule has 0 aliphatic carbocycles. The molecule has 5 aromatic rings. The van der Waals surface area contributed by atoms with E-state index in [1.807, 2.05) is 42.6 Å². The molecule has 0 bridgehead atoms. The van der Waals surface area contributed by atoms with Crippen LogP contribution in [0.3, 0.4) is 0 Å². The van der Waals surface area contributed by atoms with Crippen LogP contribution in [0.5, 0.6) is 5.75 Å². The van der Waals surface area contributed by atoms with Crippen molar-refractivity contribution in [3.8, 4) is 16.9 Å². The molecule has 0 saturated heterocycles. The number of rotatable bonds is 7. The Morgan fingerprint density at radius 3 is 2.32 bits per heavy atom. The molecule has 170 valence electrons. The zero-order chi connectivity index (χ0) is 23.7. The Labute approximate surface area is 194 Å². The fourth-order valence-corrected chi connectivity index (χ4v) is 4.29. The maximum Gasteiger partial charge on any atom is 0.321 e. The van der Waals surface area contributed by atoms with Crippen LogP contribution in [0, 0.1) is 0 Å². The van der Waals surface area contributed by atoms with Crippen molar-refractivity contribution in [1.29, 1.82) is 0 Å². The summed E-state index contributed by atoms with van der Waals surface area (Å²) in [6, 6.07) is 21.3. The number of hydrogen-bond donors (Lipinski definition) is 5. The van der Waals surface area contributed by atoms with Crippen molar-refractivity contribution in [1.82, 2.24) is 15.3 Å². The first-order chi connectivity index (χ1) is 16.5. The van der Waals surface area contributed by atoms with Crippen molar-refractivity contribution < 1.29 is 15.0 Å². The SMILES string of the molecule is O=C(O)[C@@H](Cc1c[nH]c2ccccc12)NCc1ccc(-c2c(O)c3ccccc3[nH]c2=O)cc1. The average molecular weight is 453 g/mol. The van der Waals surface area contributed by atoms with Crippen LogP contribution in [-0.4, -0.2) is 32.2 Å². The van der Waals surface area contributed by atoms with Gasteiger partial charge in [0.15, 0.2) is 0 Å². The minimum absolute atomic E-state index is 0.0603. The zero-order valence-electron chi connectivity index (χ0n) is 18.2. The lowest BCUT2D eigenvalue weighted by Crippen LogP contribution is -2.38. The summed E-state index contributed by atoms with van der Waals surface area (Å²) >= 11 is 0. The Morgan fingerprint density at radius 1 is 0.912 bits per heavy atom. The van der Waals surface area contributed by atoms with Gasteiger partial charge in [0.05, 0.1) is 11.1 Å². The number of carboxylic acids is 1. The fraction of sp³-hybridized carbons (Fsp3) is 0.111. The molecule has 5 rings (SSSR count). The lowest BCUT2D eigenvalue weighted by molar-refractivity contribution is -0.139. The predicted octanol–water partition coefficient (Wildman–Crippen LogP) is 4.17. The van der Waals surface area contributed by atoms with Crippen molar-refractivity contribution in [3.05, 3.63) is 100 Å². The zero-order valence-corrected chi connectivity index (χ0v) is 18.2. The third kappa shape index (κ3) is 4.04. The third-order valence-electron chi connectivity index (χ3n) is 6.09. The number of carboxylic acid groups (broad SMARTS) is 1. The number of aliphatic carboxylic acids is 1. The van der Waals surface area contributed by atoms with Gasteiger partial charge in [0, 0.05) is 35.5 Å². The van der Waals surface area contributed by atoms with Gasteiger partial charge in [-0.2, -0.15) is 0 Å². The molecule has 3 aromatic carbocycles. The summed E-state index contributed by atoms with van der Waals surface area (Å²) in [6.45, 7) is 0.347. The Morgan fingerprint density at radius 2 is 1.59 bits per heavy atom. The quantitative estimate of drug-likeness (QED) is 0.254. The van der Waals surface area contributed by atoms with Gasteiger partial charge in [0.2, 0.25) is 0 Å². The molecule has 5 N–H and O–H groups in total. The van der Waals surface area contributed by atoms with E-state index in [-0.39, 0.29) is 16.9 Å². The van der Waals surface area contributed by atoms with Gasteiger partial charge >= 0.3 is 5.97 Å². The summed E-state index contributed by atoms with van der Waals surface area (Å²) in [6.07, 6.45) is 2.20. The van der Waals surface area contributed by atoms with Crippen LogP contribution in [0.4, 0.5) is 0 Å². The van der Waals surface area contributed by atoms with Gasteiger partial charge in [-0.1, -0.05) is 54.6 Å². The summed E-state index contributed by atoms with van der Waals surface area (Å²) in [5.41, 5.74) is 3.78. The molecule has 0 aliphatic rings. The van der Waals surface area contributed by atoms with Crippen LogP contribution >= 0.6 is 0 Å². The van der Waals surface area contributed by atoms with Crippen LogP contribution in [0.1, 0.15) is 11.1 Å². The number of aromatic nitrogens is 2. The second kappa shape index (κ2) is 8.88. The monoisotopic (exact) mass is 453 g/mol. The van der Waals surface area contributed by atoms with Crippen molar-refractivity contribution in [2.45, 2.75) is 19.0 Å². The topological polar surface area (TPSA) is 118 Å². The van der Waals surface area contributed by atoms with E-state index in [1.165, 1.54) is 0 Å². The molecule has 34 heavy (non-hydrogen) atoms. The number of benzene rings is 3. The summed E-state index contributed by atoms with van der Waals surface area (Å²) in [5, 5.41) is 25.1. The molecule has 0 saturated carbocycles. The molecule has 2 heterocycles. The highest BCUT2D eigenvalue weighted by molar-refractivity contribution is 5.91. The van der Waals surface area contributed by atoms with E-state index in [2.05, 4.69) is 15.3 Å². The minimum Gasteiger partial charge on any atom is -0.506 e. The Hall–Kier alpha value is -4.36. The molecular formula is C27H23N3O4. The van der Waals surface area contributed by atoms with Crippen LogP contribution in [0.25, 0.3) is 32.9 Å². The van der Waals surface area contributed by atoms with E-state index in [1.54, 1.807) is 36.4 Å². The number of para-hydroxylation sites is 2. The fourth-order valence-electron chi connectivity index (χ4n) is 4.29. The molecule has 0 amide bonds. The average Bonchev–Trinajstić information content (AvgIpc) is 3.25. The number of carbonyl (C=O) groups is 1. The molecule has 0 fully saturated rings. The molecule has 0 unspecified atom stereocenters. The van der Waals surface area contributed by atoms with Crippen molar-refractivity contribution in [3.63, 3.8) is 0 Å². The van der Waals surface area contributed by atoms with E-state index in [0.717, 1.165) is 22.0 Å². The summed E-state index contributed by atoms with van der Waals surface area (Å²) in [5.74, 6) is -0.982. The number of aromatic amines is 2. The van der Waals surface area contributed by atoms with E-state index in [0.29, 0.717) is 29.4 Å². The molecule has 0 radical (unpaired) electrons. The van der Waals surface area contributed by atoms with Crippen molar-refractivity contribution >= 4 is 27.8 Å². The normalized spacial score (nSPS) is 12.2. The first kappa shape index (κ1) is 21.5. The molecule has 0 spiro atoms. The number of nitrogens with one attached hydrogen (secondary N) is 3. The number of pyridine rings is 1. The summed E-state index contributed by atoms with van der Waals surface area (Å²) < 4.78 is 0. The lowest BCUT2D eigenvalue weighted by Gasteiger charge is -2.15. The molecular weight excluding hydrogens is 430 g/mol. The number of hydrogen-bond acceptors (Lipinski definition) is 4. The van der Waals surface area contributed by atoms with Crippen molar-refractivity contribution in [2.75, 3.05) is 0 Å². The highest BCUT2D eigenvalue weighted by atomic mass is 16.4. The lowest BCUT2D eigenvalue weighted by atomic mass is 10.0. The van der Waals surface area contributed by atoms with Crippen LogP contribution in [-0.2, 0) is 17.8 Å². The van der Waals surface area contributed by atoms with E-state index < -0.39 is 12.0 Å². The molecule has 7 heteroatoms. The second-order valence-electron chi connectivity index (χ2n) is 8.26. The highest BCUT2D eigenvalue weighted by Crippen LogP contribution is 2.31. The van der Waals surface area contributed by atoms with Gasteiger partial charge in [-0.15, -0.1) is 0 Å². The Kier molecular flexibility index (Phi) is 5.61. The maximum atomic E-state index is 12.6. The highest BCUT2D eigenvalue weighted by Gasteiger charge is 2.19. The maximum absolute atomic E-state index is 12.6. The largest absolute Gasteiger partial charge is 0.506 e. The smallest absolute Gasteiger partial charge is 0.321 e. The van der Waals surface area contributed by atoms with Gasteiger partial charge in [0.25, 0.3) is 5.56 Å². The first-order valence-electron chi connectivity index (χ1n) is 11.0. The van der Waals surface area contributed by atoms with Gasteiger partial charge in [0.1, 0.15) is 11.8 Å². The predicted molar refractivity (Wildman–Crippen MR) is 132 cm³/mol. The Bertz CT molecular complexity index is 1550. The van der Waals surface area contributed by atoms with Crippen LogP contribution < -0.4 is 10.9 Å². The first-order valence-corrected chi connectivity index (χ1v) is 11.0. The molecule has 0 aliphatic heterocycles. The minimum atomic E-state index is -0.922. The Balaban J connectivity index is 1.33. The molecule has 7 nitrogen and oxygen atoms in total.